The van der Waals surface area contributed by atoms with Crippen LogP contribution in [-0.2, 0) is 0 Å². The predicted molar refractivity (Wildman–Crippen MR) is 78.4 cm³/mol. The van der Waals surface area contributed by atoms with Crippen molar-refractivity contribution in [1.29, 1.82) is 0 Å². The van der Waals surface area contributed by atoms with Crippen LogP contribution in [-0.4, -0.2) is 4.98 Å². The zero-order valence-corrected chi connectivity index (χ0v) is 11.4. The molecule has 1 fully saturated rings. The van der Waals surface area contributed by atoms with E-state index < -0.39 is 0 Å². The Morgan fingerprint density at radius 1 is 0.947 bits per heavy atom. The van der Waals surface area contributed by atoms with E-state index in [1.165, 1.54) is 36.8 Å². The molecule has 1 aromatic heterocycles. The van der Waals surface area contributed by atoms with Crippen molar-refractivity contribution < 1.29 is 0 Å². The summed E-state index contributed by atoms with van der Waals surface area (Å²) in [7, 11) is 0. The fourth-order valence-corrected chi connectivity index (χ4v) is 3.97. The Bertz CT molecular complexity index is 607. The summed E-state index contributed by atoms with van der Waals surface area (Å²) in [6.07, 6.45) is 7.48. The molecule has 0 saturated heterocycles. The molecule has 96 valence electrons. The van der Waals surface area contributed by atoms with Gasteiger partial charge in [-0.15, -0.1) is 0 Å². The number of aromatic nitrogens is 1. The van der Waals surface area contributed by atoms with Gasteiger partial charge in [0.25, 0.3) is 0 Å². The normalized spacial score (nSPS) is 24.3. The highest BCUT2D eigenvalue weighted by Crippen LogP contribution is 2.50. The first-order valence-electron chi connectivity index (χ1n) is 7.39. The zero-order chi connectivity index (χ0) is 12.8. The van der Waals surface area contributed by atoms with Crippen LogP contribution < -0.4 is 0 Å². The minimum absolute atomic E-state index is 0.808. The van der Waals surface area contributed by atoms with Gasteiger partial charge < -0.3 is 0 Å². The number of hydrogen-bond donors (Lipinski definition) is 0. The molecule has 0 unspecified atom stereocenters. The number of nitrogens with zero attached hydrogens (tertiary/aromatic N) is 1. The van der Waals surface area contributed by atoms with Crippen molar-refractivity contribution in [1.82, 2.24) is 4.98 Å². The second kappa shape index (κ2) is 4.19. The van der Waals surface area contributed by atoms with Crippen molar-refractivity contribution in [2.24, 2.45) is 0 Å². The van der Waals surface area contributed by atoms with Crippen LogP contribution in [0.15, 0.2) is 36.5 Å². The molecule has 0 atom stereocenters. The topological polar surface area (TPSA) is 12.9 Å². The number of hydrogen-bond acceptors (Lipinski definition) is 1. The van der Waals surface area contributed by atoms with Crippen LogP contribution in [0, 0.1) is 6.92 Å². The van der Waals surface area contributed by atoms with Gasteiger partial charge in [0.05, 0.1) is 5.69 Å². The van der Waals surface area contributed by atoms with E-state index in [-0.39, 0.29) is 0 Å². The lowest BCUT2D eigenvalue weighted by atomic mass is 9.66. The fourth-order valence-electron chi connectivity index (χ4n) is 3.97. The molecule has 1 nitrogen and oxygen atoms in total. The number of pyridine rings is 1. The monoisotopic (exact) mass is 249 g/mol. The highest BCUT2D eigenvalue weighted by atomic mass is 14.7. The molecule has 1 heteroatoms. The predicted octanol–water partition coefficient (Wildman–Crippen LogP) is 4.81. The average Bonchev–Trinajstić information content (AvgIpc) is 2.48. The molecule has 3 aliphatic carbocycles. The lowest BCUT2D eigenvalue weighted by Crippen LogP contribution is -2.21. The largest absolute Gasteiger partial charge is 0.256 e. The highest BCUT2D eigenvalue weighted by molar-refractivity contribution is 5.66. The molecule has 5 rings (SSSR count). The Labute approximate surface area is 114 Å². The van der Waals surface area contributed by atoms with Gasteiger partial charge in [0.15, 0.2) is 0 Å². The summed E-state index contributed by atoms with van der Waals surface area (Å²) in [4.78, 5) is 4.52. The van der Waals surface area contributed by atoms with Crippen molar-refractivity contribution in [3.63, 3.8) is 0 Å². The lowest BCUT2D eigenvalue weighted by molar-refractivity contribution is 0.358. The molecule has 0 spiro atoms. The summed E-state index contributed by atoms with van der Waals surface area (Å²) in [6.45, 7) is 2.23. The Kier molecular flexibility index (Phi) is 2.48. The molecule has 19 heavy (non-hydrogen) atoms. The Balaban J connectivity index is 1.89. The molecule has 0 radical (unpaired) electrons. The number of benzene rings is 1. The van der Waals surface area contributed by atoms with Crippen LogP contribution in [0.5, 0.6) is 0 Å². The van der Waals surface area contributed by atoms with Gasteiger partial charge in [-0.3, -0.25) is 4.98 Å². The maximum Gasteiger partial charge on any atom is 0.0704 e. The molecule has 0 amide bonds. The minimum atomic E-state index is 0.808. The van der Waals surface area contributed by atoms with Crippen molar-refractivity contribution in [3.8, 4) is 11.3 Å². The van der Waals surface area contributed by atoms with Gasteiger partial charge in [-0.2, -0.15) is 0 Å². The molecular weight excluding hydrogens is 230 g/mol. The van der Waals surface area contributed by atoms with Crippen LogP contribution >= 0.6 is 0 Å². The highest BCUT2D eigenvalue weighted by Gasteiger charge is 2.33. The van der Waals surface area contributed by atoms with E-state index in [0.717, 1.165) is 17.5 Å². The second-order valence-electron chi connectivity index (χ2n) is 6.06. The third kappa shape index (κ3) is 1.72. The standard InChI is InChI=1S/C18H19N/c1-12-10-16-13-5-7-14(8-6-13)17(16)11-15(12)18-4-2-3-9-19-18/h2-4,9-11,13-14H,5-8H2,1H3. The fraction of sp³-hybridized carbons (Fsp3) is 0.389. The smallest absolute Gasteiger partial charge is 0.0704 e. The van der Waals surface area contributed by atoms with E-state index >= 15 is 0 Å². The van der Waals surface area contributed by atoms with Gasteiger partial charge in [-0.1, -0.05) is 12.1 Å². The number of aryl methyl sites for hydroxylation is 1. The summed E-state index contributed by atoms with van der Waals surface area (Å²) < 4.78 is 0. The van der Waals surface area contributed by atoms with Crippen molar-refractivity contribution in [2.75, 3.05) is 0 Å². The van der Waals surface area contributed by atoms with Gasteiger partial charge >= 0.3 is 0 Å². The van der Waals surface area contributed by atoms with Gasteiger partial charge in [0.2, 0.25) is 0 Å². The third-order valence-electron chi connectivity index (χ3n) is 4.98. The molecule has 0 aliphatic heterocycles. The third-order valence-corrected chi connectivity index (χ3v) is 4.98. The molecule has 0 N–H and O–H groups in total. The number of rotatable bonds is 1. The van der Waals surface area contributed by atoms with Crippen molar-refractivity contribution in [2.45, 2.75) is 44.4 Å². The van der Waals surface area contributed by atoms with Gasteiger partial charge in [-0.25, -0.2) is 0 Å². The minimum Gasteiger partial charge on any atom is -0.256 e. The van der Waals surface area contributed by atoms with E-state index in [4.69, 9.17) is 0 Å². The maximum absolute atomic E-state index is 4.52. The molecule has 1 saturated carbocycles. The molecule has 2 aromatic rings. The van der Waals surface area contributed by atoms with Crippen LogP contribution in [0.3, 0.4) is 0 Å². The number of fused-ring (bicyclic) bond motifs is 2. The maximum atomic E-state index is 4.52. The van der Waals surface area contributed by atoms with Crippen LogP contribution in [0.1, 0.15) is 54.2 Å². The van der Waals surface area contributed by atoms with Gasteiger partial charge in [-0.05, 0) is 79.3 Å². The van der Waals surface area contributed by atoms with Crippen LogP contribution in [0.25, 0.3) is 11.3 Å². The first-order valence-corrected chi connectivity index (χ1v) is 7.39. The van der Waals surface area contributed by atoms with Crippen LogP contribution in [0.4, 0.5) is 0 Å². The van der Waals surface area contributed by atoms with Gasteiger partial charge in [0.1, 0.15) is 0 Å². The van der Waals surface area contributed by atoms with Crippen molar-refractivity contribution >= 4 is 0 Å². The van der Waals surface area contributed by atoms with E-state index in [2.05, 4.69) is 36.2 Å². The van der Waals surface area contributed by atoms with Crippen molar-refractivity contribution in [3.05, 3.63) is 53.2 Å². The Hall–Kier alpha value is -1.63. The Morgan fingerprint density at radius 3 is 2.26 bits per heavy atom. The summed E-state index contributed by atoms with van der Waals surface area (Å²) in [6, 6.07) is 11.1. The van der Waals surface area contributed by atoms with E-state index in [0.29, 0.717) is 0 Å². The molecule has 2 bridgehead atoms. The van der Waals surface area contributed by atoms with E-state index in [9.17, 15) is 0 Å². The lowest BCUT2D eigenvalue weighted by Gasteiger charge is -2.39. The van der Waals surface area contributed by atoms with Gasteiger partial charge in [0, 0.05) is 11.8 Å². The summed E-state index contributed by atoms with van der Waals surface area (Å²) in [5, 5.41) is 0. The quantitative estimate of drug-likeness (QED) is 0.706. The molecule has 1 heterocycles. The van der Waals surface area contributed by atoms with E-state index in [1.54, 1.807) is 11.1 Å². The summed E-state index contributed by atoms with van der Waals surface area (Å²) >= 11 is 0. The SMILES string of the molecule is Cc1cc2c(cc1-c1ccccn1)C1CCC2CC1. The first-order chi connectivity index (χ1) is 9.33. The molecule has 1 aromatic carbocycles. The summed E-state index contributed by atoms with van der Waals surface area (Å²) in [5.74, 6) is 1.64. The van der Waals surface area contributed by atoms with Crippen LogP contribution in [0.2, 0.25) is 0 Å². The molecule has 3 aliphatic rings. The molecular formula is C18H19N. The first kappa shape index (κ1) is 11.2. The average molecular weight is 249 g/mol. The van der Waals surface area contributed by atoms with E-state index in [1.807, 2.05) is 12.3 Å². The zero-order valence-electron chi connectivity index (χ0n) is 11.4. The Morgan fingerprint density at radius 2 is 1.63 bits per heavy atom. The second-order valence-corrected chi connectivity index (χ2v) is 6.06. The summed E-state index contributed by atoms with van der Waals surface area (Å²) in [5.41, 5.74) is 7.08.